The van der Waals surface area contributed by atoms with Crippen LogP contribution in [-0.4, -0.2) is 37.2 Å². The fraction of sp³-hybridized carbons (Fsp3) is 0.672. The monoisotopic (exact) mass is 889 g/mol. The van der Waals surface area contributed by atoms with Crippen LogP contribution in [0.4, 0.5) is 0 Å². The molecule has 0 radical (unpaired) electrons. The second-order valence-corrected chi connectivity index (χ2v) is 17.1. The number of hydrogen-bond acceptors (Lipinski definition) is 6. The lowest BCUT2D eigenvalue weighted by molar-refractivity contribution is -0.166. The molecule has 0 aliphatic heterocycles. The number of hydrogen-bond donors (Lipinski definition) is 0. The van der Waals surface area contributed by atoms with Gasteiger partial charge in [-0.1, -0.05) is 208 Å². The van der Waals surface area contributed by atoms with Crippen molar-refractivity contribution in [1.82, 2.24) is 0 Å². The number of rotatable bonds is 46. The Labute approximate surface area is 394 Å². The third-order valence-electron chi connectivity index (χ3n) is 10.8. The predicted molar refractivity (Wildman–Crippen MR) is 274 cm³/mol. The van der Waals surface area contributed by atoms with Crippen molar-refractivity contribution in [2.45, 2.75) is 239 Å². The van der Waals surface area contributed by atoms with Gasteiger partial charge in [-0.2, -0.15) is 0 Å². The number of carbonyl (C=O) groups excluding carboxylic acids is 3. The van der Waals surface area contributed by atoms with Crippen LogP contribution in [0.15, 0.2) is 97.2 Å². The highest BCUT2D eigenvalue weighted by atomic mass is 16.6. The van der Waals surface area contributed by atoms with Gasteiger partial charge in [0.15, 0.2) is 6.10 Å². The molecule has 1 atom stereocenters. The third-order valence-corrected chi connectivity index (χ3v) is 10.8. The highest BCUT2D eigenvalue weighted by Crippen LogP contribution is 2.13. The van der Waals surface area contributed by atoms with Crippen LogP contribution in [0.1, 0.15) is 233 Å². The zero-order valence-corrected chi connectivity index (χ0v) is 41.5. The molecule has 6 nitrogen and oxygen atoms in total. The standard InChI is InChI=1S/C58H96O6/c1-4-7-10-13-16-19-22-25-27-28-29-31-33-36-39-42-45-48-51-57(60)63-54-55(53-62-56(59)50-47-44-41-38-35-32-24-21-18-15-12-9-6-3)64-58(61)52-49-46-43-40-37-34-30-26-23-20-17-14-11-8-5-2/h8,11,17,19-22,24,26-28,30,37,40,46,49,55H,4-7,9-10,12-16,18,23,25,29,31-36,38-39,41-45,47-48,50-54H2,1-3H3/b11-8-,20-17-,22-19-,24-21-,28-27-,30-26-,40-37-,49-46-. The Bertz CT molecular complexity index is 1300. The molecular weight excluding hydrogens is 793 g/mol. The molecule has 0 amide bonds. The smallest absolute Gasteiger partial charge is 0.310 e. The first-order valence-electron chi connectivity index (χ1n) is 26.2. The molecule has 1 unspecified atom stereocenters. The van der Waals surface area contributed by atoms with E-state index in [4.69, 9.17) is 14.2 Å². The van der Waals surface area contributed by atoms with Gasteiger partial charge in [-0.25, -0.2) is 0 Å². The molecule has 0 aliphatic carbocycles. The van der Waals surface area contributed by atoms with E-state index in [1.807, 2.05) is 6.08 Å². The molecule has 0 rings (SSSR count). The van der Waals surface area contributed by atoms with Crippen molar-refractivity contribution in [2.24, 2.45) is 0 Å². The molecule has 0 saturated heterocycles. The average molecular weight is 889 g/mol. The van der Waals surface area contributed by atoms with Crippen LogP contribution in [0.3, 0.4) is 0 Å². The molecule has 0 aliphatic rings. The summed E-state index contributed by atoms with van der Waals surface area (Å²) in [6.07, 6.45) is 68.4. The SMILES string of the molecule is CC/C=C\C/C=C\C/C=C\C/C=C\C/C=C\CC(=O)OC(COC(=O)CCCCCCC/C=C\CCCCCC)COC(=O)CCCCCCCCC/C=C\C/C=C\CCCCCC. The summed E-state index contributed by atoms with van der Waals surface area (Å²) >= 11 is 0. The van der Waals surface area contributed by atoms with Gasteiger partial charge >= 0.3 is 17.9 Å². The minimum Gasteiger partial charge on any atom is -0.462 e. The lowest BCUT2D eigenvalue weighted by atomic mass is 10.1. The fourth-order valence-electron chi connectivity index (χ4n) is 6.89. The maximum atomic E-state index is 12.7. The van der Waals surface area contributed by atoms with Crippen molar-refractivity contribution in [2.75, 3.05) is 13.2 Å². The zero-order chi connectivity index (χ0) is 46.5. The van der Waals surface area contributed by atoms with Crippen molar-refractivity contribution >= 4 is 17.9 Å². The molecule has 0 heterocycles. The number of ether oxygens (including phenoxy) is 3. The van der Waals surface area contributed by atoms with Crippen LogP contribution < -0.4 is 0 Å². The molecule has 0 spiro atoms. The summed E-state index contributed by atoms with van der Waals surface area (Å²) in [4.78, 5) is 37.9. The predicted octanol–water partition coefficient (Wildman–Crippen LogP) is 17.4. The van der Waals surface area contributed by atoms with Gasteiger partial charge in [0.25, 0.3) is 0 Å². The minimum atomic E-state index is -0.838. The average Bonchev–Trinajstić information content (AvgIpc) is 3.29. The fourth-order valence-corrected chi connectivity index (χ4v) is 6.89. The summed E-state index contributed by atoms with van der Waals surface area (Å²) in [7, 11) is 0. The van der Waals surface area contributed by atoms with Crippen molar-refractivity contribution in [3.8, 4) is 0 Å². The molecule has 0 aromatic heterocycles. The topological polar surface area (TPSA) is 78.9 Å². The third kappa shape index (κ3) is 49.3. The Kier molecular flexibility index (Phi) is 49.0. The second-order valence-electron chi connectivity index (χ2n) is 17.1. The summed E-state index contributed by atoms with van der Waals surface area (Å²) in [5, 5.41) is 0. The van der Waals surface area contributed by atoms with Crippen LogP contribution in [-0.2, 0) is 28.6 Å². The largest absolute Gasteiger partial charge is 0.462 e. The summed E-state index contributed by atoms with van der Waals surface area (Å²) in [5.41, 5.74) is 0. The number of carbonyl (C=O) groups is 3. The van der Waals surface area contributed by atoms with E-state index in [2.05, 4.69) is 106 Å². The highest BCUT2D eigenvalue weighted by Gasteiger charge is 2.19. The van der Waals surface area contributed by atoms with Crippen LogP contribution >= 0.6 is 0 Å². The summed E-state index contributed by atoms with van der Waals surface area (Å²) < 4.78 is 16.7. The maximum Gasteiger partial charge on any atom is 0.310 e. The molecule has 0 bridgehead atoms. The van der Waals surface area contributed by atoms with Gasteiger partial charge < -0.3 is 14.2 Å². The molecule has 0 saturated carbocycles. The van der Waals surface area contributed by atoms with Crippen LogP contribution in [0.25, 0.3) is 0 Å². The first-order chi connectivity index (χ1) is 31.5. The van der Waals surface area contributed by atoms with Gasteiger partial charge in [0.1, 0.15) is 13.2 Å². The highest BCUT2D eigenvalue weighted by molar-refractivity contribution is 5.72. The van der Waals surface area contributed by atoms with Crippen LogP contribution in [0.2, 0.25) is 0 Å². The lowest BCUT2D eigenvalue weighted by Gasteiger charge is -2.18. The van der Waals surface area contributed by atoms with E-state index in [0.717, 1.165) is 96.3 Å². The van der Waals surface area contributed by atoms with E-state index in [0.29, 0.717) is 12.8 Å². The van der Waals surface area contributed by atoms with E-state index in [-0.39, 0.29) is 31.6 Å². The quantitative estimate of drug-likeness (QED) is 0.0262. The van der Waals surface area contributed by atoms with Crippen molar-refractivity contribution < 1.29 is 28.6 Å². The lowest BCUT2D eigenvalue weighted by Crippen LogP contribution is -2.30. The molecule has 0 N–H and O–H groups in total. The van der Waals surface area contributed by atoms with E-state index in [1.54, 1.807) is 6.08 Å². The maximum absolute atomic E-state index is 12.7. The first kappa shape index (κ1) is 60.3. The van der Waals surface area contributed by atoms with Crippen LogP contribution in [0, 0.1) is 0 Å². The van der Waals surface area contributed by atoms with Gasteiger partial charge in [0.2, 0.25) is 0 Å². The molecule has 0 aromatic rings. The second kappa shape index (κ2) is 52.0. The molecule has 364 valence electrons. The molecule has 64 heavy (non-hydrogen) atoms. The van der Waals surface area contributed by atoms with Gasteiger partial charge in [0, 0.05) is 12.8 Å². The molecular formula is C58H96O6. The summed E-state index contributed by atoms with van der Waals surface area (Å²) in [6.45, 7) is 6.39. The van der Waals surface area contributed by atoms with Crippen molar-refractivity contribution in [3.63, 3.8) is 0 Å². The normalized spacial score (nSPS) is 12.9. The molecule has 0 fully saturated rings. The Morgan fingerprint density at radius 1 is 0.344 bits per heavy atom. The van der Waals surface area contributed by atoms with E-state index in [9.17, 15) is 14.4 Å². The minimum absolute atomic E-state index is 0.0915. The van der Waals surface area contributed by atoms with Gasteiger partial charge in [-0.15, -0.1) is 0 Å². The van der Waals surface area contributed by atoms with Crippen molar-refractivity contribution in [3.05, 3.63) is 97.2 Å². The van der Waals surface area contributed by atoms with E-state index >= 15 is 0 Å². The van der Waals surface area contributed by atoms with Gasteiger partial charge in [-0.05, 0) is 103 Å². The number of unbranched alkanes of at least 4 members (excludes halogenated alkanes) is 20. The molecule has 6 heteroatoms. The van der Waals surface area contributed by atoms with Crippen LogP contribution in [0.5, 0.6) is 0 Å². The zero-order valence-electron chi connectivity index (χ0n) is 41.5. The Morgan fingerprint density at radius 2 is 0.656 bits per heavy atom. The Balaban J connectivity index is 4.52. The molecule has 0 aromatic carbocycles. The summed E-state index contributed by atoms with van der Waals surface area (Å²) in [6, 6.07) is 0. The van der Waals surface area contributed by atoms with Gasteiger partial charge in [0.05, 0.1) is 6.42 Å². The number of esters is 3. The Morgan fingerprint density at radius 3 is 1.05 bits per heavy atom. The first-order valence-corrected chi connectivity index (χ1v) is 26.2. The van der Waals surface area contributed by atoms with E-state index < -0.39 is 12.1 Å². The van der Waals surface area contributed by atoms with E-state index in [1.165, 1.54) is 96.3 Å². The van der Waals surface area contributed by atoms with Crippen molar-refractivity contribution in [1.29, 1.82) is 0 Å². The number of allylic oxidation sites excluding steroid dienone is 15. The van der Waals surface area contributed by atoms with Gasteiger partial charge in [-0.3, -0.25) is 14.4 Å². The summed E-state index contributed by atoms with van der Waals surface area (Å²) in [5.74, 6) is -1.07. The Hall–Kier alpha value is -3.67.